The SMILES string of the molecule is NC1NC(C(S)(S)C2=CSC(N)N2)=CS1. The van der Waals surface area contributed by atoms with Gasteiger partial charge in [0.15, 0.2) is 0 Å². The van der Waals surface area contributed by atoms with E-state index in [0.717, 1.165) is 11.4 Å². The topological polar surface area (TPSA) is 76.1 Å². The average Bonchev–Trinajstić information content (AvgIpc) is 2.74. The summed E-state index contributed by atoms with van der Waals surface area (Å²) in [6.45, 7) is 0. The van der Waals surface area contributed by atoms with Gasteiger partial charge in [0.1, 0.15) is 15.1 Å². The molecule has 2 rings (SSSR count). The molecule has 0 aliphatic carbocycles. The fourth-order valence-corrected chi connectivity index (χ4v) is 3.55. The molecule has 0 aromatic carbocycles. The third-order valence-electron chi connectivity index (χ3n) is 2.01. The summed E-state index contributed by atoms with van der Waals surface area (Å²) in [6.07, 6.45) is 0. The number of hydrogen-bond acceptors (Lipinski definition) is 8. The van der Waals surface area contributed by atoms with Crippen LogP contribution in [0.5, 0.6) is 0 Å². The predicted octanol–water partition coefficient (Wildman–Crippen LogP) is 0.383. The van der Waals surface area contributed by atoms with E-state index >= 15 is 0 Å². The van der Waals surface area contributed by atoms with Gasteiger partial charge in [-0.15, -0.1) is 25.3 Å². The first-order valence-electron chi connectivity index (χ1n) is 4.21. The third-order valence-corrected chi connectivity index (χ3v) is 4.54. The molecule has 0 saturated heterocycles. The molecule has 6 N–H and O–H groups in total. The Morgan fingerprint density at radius 3 is 1.73 bits per heavy atom. The van der Waals surface area contributed by atoms with Crippen molar-refractivity contribution in [2.24, 2.45) is 11.5 Å². The molecule has 15 heavy (non-hydrogen) atoms. The highest BCUT2D eigenvalue weighted by molar-refractivity contribution is 8.04. The Labute approximate surface area is 108 Å². The monoisotopic (exact) mass is 280 g/mol. The van der Waals surface area contributed by atoms with Gasteiger partial charge in [-0.25, -0.2) is 0 Å². The summed E-state index contributed by atoms with van der Waals surface area (Å²) in [5.74, 6) is 0. The smallest absolute Gasteiger partial charge is 0.136 e. The summed E-state index contributed by atoms with van der Waals surface area (Å²) in [6, 6.07) is 0. The van der Waals surface area contributed by atoms with Gasteiger partial charge >= 0.3 is 0 Å². The van der Waals surface area contributed by atoms with Crippen molar-refractivity contribution in [2.75, 3.05) is 0 Å². The molecule has 0 fully saturated rings. The van der Waals surface area contributed by atoms with E-state index in [4.69, 9.17) is 11.5 Å². The van der Waals surface area contributed by atoms with Crippen molar-refractivity contribution in [3.8, 4) is 0 Å². The maximum atomic E-state index is 5.71. The Hall–Kier alpha value is 0.400. The molecule has 0 aromatic rings. The van der Waals surface area contributed by atoms with Gasteiger partial charge in [0, 0.05) is 0 Å². The molecule has 8 heteroatoms. The number of thiol groups is 2. The third kappa shape index (κ3) is 2.40. The Morgan fingerprint density at radius 2 is 1.47 bits per heavy atom. The molecule has 2 unspecified atom stereocenters. The summed E-state index contributed by atoms with van der Waals surface area (Å²) in [4.78, 5) is 0. The summed E-state index contributed by atoms with van der Waals surface area (Å²) >= 11 is 12.1. The molecule has 0 aromatic heterocycles. The van der Waals surface area contributed by atoms with Crippen LogP contribution in [-0.4, -0.2) is 15.1 Å². The molecule has 0 bridgehead atoms. The molecule has 84 valence electrons. The maximum absolute atomic E-state index is 5.71. The van der Waals surface area contributed by atoms with Gasteiger partial charge < -0.3 is 22.1 Å². The Morgan fingerprint density at radius 1 is 1.07 bits per heavy atom. The van der Waals surface area contributed by atoms with E-state index in [1.54, 1.807) is 0 Å². The molecule has 2 heterocycles. The summed E-state index contributed by atoms with van der Waals surface area (Å²) < 4.78 is -0.692. The fourth-order valence-electron chi connectivity index (χ4n) is 1.24. The van der Waals surface area contributed by atoms with E-state index in [0.29, 0.717) is 0 Å². The van der Waals surface area contributed by atoms with E-state index in [9.17, 15) is 0 Å². The van der Waals surface area contributed by atoms with Gasteiger partial charge in [-0.3, -0.25) is 0 Å². The van der Waals surface area contributed by atoms with Gasteiger partial charge in [-0.1, -0.05) is 23.5 Å². The van der Waals surface area contributed by atoms with Crippen LogP contribution in [0.2, 0.25) is 0 Å². The molecule has 0 amide bonds. The number of nitrogens with two attached hydrogens (primary N) is 2. The number of thioether (sulfide) groups is 2. The van der Waals surface area contributed by atoms with Crippen LogP contribution in [0, 0.1) is 0 Å². The second-order valence-electron chi connectivity index (χ2n) is 3.14. The fraction of sp³-hybridized carbons (Fsp3) is 0.429. The van der Waals surface area contributed by atoms with Crippen LogP contribution in [0.15, 0.2) is 22.2 Å². The van der Waals surface area contributed by atoms with Crippen molar-refractivity contribution in [1.29, 1.82) is 0 Å². The quantitative estimate of drug-likeness (QED) is 0.324. The predicted molar refractivity (Wildman–Crippen MR) is 74.3 cm³/mol. The lowest BCUT2D eigenvalue weighted by atomic mass is 10.2. The normalized spacial score (nSPS) is 30.7. The van der Waals surface area contributed by atoms with Crippen molar-refractivity contribution >= 4 is 48.8 Å². The Balaban J connectivity index is 2.13. The highest BCUT2D eigenvalue weighted by Gasteiger charge is 2.36. The van der Waals surface area contributed by atoms with Gasteiger partial charge in [-0.2, -0.15) is 0 Å². The molecule has 4 nitrogen and oxygen atoms in total. The lowest BCUT2D eigenvalue weighted by Gasteiger charge is -2.27. The summed E-state index contributed by atoms with van der Waals surface area (Å²) in [7, 11) is 0. The van der Waals surface area contributed by atoms with Crippen LogP contribution >= 0.6 is 48.8 Å². The van der Waals surface area contributed by atoms with Crippen molar-refractivity contribution in [2.45, 2.75) is 15.1 Å². The van der Waals surface area contributed by atoms with Crippen LogP contribution in [-0.2, 0) is 0 Å². The molecule has 2 aliphatic rings. The van der Waals surface area contributed by atoms with Crippen molar-refractivity contribution in [3.05, 3.63) is 22.2 Å². The number of hydrogen-bond donors (Lipinski definition) is 6. The first-order chi connectivity index (χ1) is 7.00. The minimum Gasteiger partial charge on any atom is -0.362 e. The summed E-state index contributed by atoms with van der Waals surface area (Å²) in [5.41, 5.74) is 12.9. The highest BCUT2D eigenvalue weighted by atomic mass is 32.2. The van der Waals surface area contributed by atoms with Gasteiger partial charge in [0.25, 0.3) is 0 Å². The molecule has 0 radical (unpaired) electrons. The standard InChI is InChI=1S/C7H12N4S4/c8-5-10-3(1-14-5)7(12,13)4-2-15-6(9)11-4/h1-2,5-6,10-13H,8-9H2. The first-order valence-corrected chi connectivity index (χ1v) is 6.99. The zero-order chi connectivity index (χ0) is 11.1. The minimum absolute atomic E-state index is 0.123. The van der Waals surface area contributed by atoms with Gasteiger partial charge in [0.05, 0.1) is 11.4 Å². The molecular weight excluding hydrogens is 268 g/mol. The summed E-state index contributed by atoms with van der Waals surface area (Å²) in [5, 5.41) is 10.1. The van der Waals surface area contributed by atoms with Crippen LogP contribution < -0.4 is 22.1 Å². The lowest BCUT2D eigenvalue weighted by Crippen LogP contribution is -2.41. The maximum Gasteiger partial charge on any atom is 0.136 e. The van der Waals surface area contributed by atoms with Crippen molar-refractivity contribution in [3.63, 3.8) is 0 Å². The van der Waals surface area contributed by atoms with Crippen LogP contribution in [0.3, 0.4) is 0 Å². The van der Waals surface area contributed by atoms with E-state index in [2.05, 4.69) is 35.9 Å². The minimum atomic E-state index is -0.692. The molecular formula is C7H12N4S4. The van der Waals surface area contributed by atoms with Crippen LogP contribution in [0.1, 0.15) is 0 Å². The number of nitrogens with one attached hydrogen (secondary N) is 2. The molecule has 0 saturated carbocycles. The second-order valence-corrected chi connectivity index (χ2v) is 6.86. The number of rotatable bonds is 2. The van der Waals surface area contributed by atoms with Gasteiger partial charge in [-0.05, 0) is 10.8 Å². The molecule has 2 atom stereocenters. The Kier molecular flexibility index (Phi) is 3.44. The average molecular weight is 280 g/mol. The molecule has 0 spiro atoms. The second kappa shape index (κ2) is 4.34. The zero-order valence-electron chi connectivity index (χ0n) is 7.68. The van der Waals surface area contributed by atoms with E-state index < -0.39 is 4.08 Å². The van der Waals surface area contributed by atoms with Crippen LogP contribution in [0.25, 0.3) is 0 Å². The molecule has 2 aliphatic heterocycles. The van der Waals surface area contributed by atoms with Crippen molar-refractivity contribution in [1.82, 2.24) is 10.6 Å². The Bertz CT molecular complexity index is 297. The largest absolute Gasteiger partial charge is 0.362 e. The van der Waals surface area contributed by atoms with Crippen molar-refractivity contribution < 1.29 is 0 Å². The first kappa shape index (κ1) is 11.9. The highest BCUT2D eigenvalue weighted by Crippen LogP contribution is 2.41. The lowest BCUT2D eigenvalue weighted by molar-refractivity contribution is 0.712. The van der Waals surface area contributed by atoms with Gasteiger partial charge in [0.2, 0.25) is 0 Å². The zero-order valence-corrected chi connectivity index (χ0v) is 11.1. The van der Waals surface area contributed by atoms with E-state index in [1.807, 2.05) is 10.8 Å². The van der Waals surface area contributed by atoms with Crippen LogP contribution in [0.4, 0.5) is 0 Å². The van der Waals surface area contributed by atoms with E-state index in [1.165, 1.54) is 23.5 Å². The van der Waals surface area contributed by atoms with E-state index in [-0.39, 0.29) is 11.0 Å².